The number of hydrogen-bond acceptors (Lipinski definition) is 5. The molecule has 0 atom stereocenters. The minimum absolute atomic E-state index is 0.0785. The fourth-order valence-corrected chi connectivity index (χ4v) is 4.42. The third-order valence-electron chi connectivity index (χ3n) is 4.42. The highest BCUT2D eigenvalue weighted by atomic mass is 32.1. The van der Waals surface area contributed by atoms with Crippen molar-refractivity contribution in [1.29, 1.82) is 5.26 Å². The average Bonchev–Trinajstić information content (AvgIpc) is 2.73. The number of aryl methyl sites for hydroxylation is 1. The fraction of sp³-hybridized carbons (Fsp3) is 0.632. The number of fused-ring (bicyclic) bond motifs is 1. The summed E-state index contributed by atoms with van der Waals surface area (Å²) in [5.41, 5.74) is 1.75. The molecule has 1 aromatic rings. The highest BCUT2D eigenvalue weighted by Gasteiger charge is 2.22. The van der Waals surface area contributed by atoms with E-state index >= 15 is 0 Å². The van der Waals surface area contributed by atoms with Gasteiger partial charge in [0.2, 0.25) is 11.8 Å². The lowest BCUT2D eigenvalue weighted by atomic mass is 10.1. The van der Waals surface area contributed by atoms with Crippen molar-refractivity contribution in [2.45, 2.75) is 58.9 Å². The molecule has 2 rings (SSSR count). The number of nitrogens with zero attached hydrogens (tertiary/aromatic N) is 2. The lowest BCUT2D eigenvalue weighted by Gasteiger charge is -2.20. The van der Waals surface area contributed by atoms with Gasteiger partial charge in [-0.15, -0.1) is 11.3 Å². The summed E-state index contributed by atoms with van der Waals surface area (Å²) in [5.74, 6) is -0.271. The van der Waals surface area contributed by atoms with Crippen LogP contribution in [0, 0.1) is 11.3 Å². The van der Waals surface area contributed by atoms with Crippen LogP contribution in [-0.2, 0) is 22.4 Å². The molecule has 1 aromatic heterocycles. The summed E-state index contributed by atoms with van der Waals surface area (Å²) >= 11 is 1.53. The number of nitrogens with one attached hydrogen (secondary N) is 2. The van der Waals surface area contributed by atoms with Gasteiger partial charge in [-0.2, -0.15) is 5.26 Å². The van der Waals surface area contributed by atoms with Gasteiger partial charge in [0.05, 0.1) is 18.7 Å². The highest BCUT2D eigenvalue weighted by molar-refractivity contribution is 7.16. The maximum atomic E-state index is 12.4. The standard InChI is InChI=1S/C19H28N4O2S/c1-4-23(11-17(24)21-13(2)3)12-18(25)22-19-15(10-20)14-8-6-5-7-9-16(14)26-19/h13H,4-9,11-12H2,1-3H3,(H,21,24)(H,22,25). The summed E-state index contributed by atoms with van der Waals surface area (Å²) in [4.78, 5) is 27.4. The Balaban J connectivity index is 2.01. The summed E-state index contributed by atoms with van der Waals surface area (Å²) in [6, 6.07) is 2.35. The number of carbonyl (C=O) groups excluding carboxylic acids is 2. The third-order valence-corrected chi connectivity index (χ3v) is 5.62. The normalized spacial score (nSPS) is 13.8. The average molecular weight is 377 g/mol. The summed E-state index contributed by atoms with van der Waals surface area (Å²) < 4.78 is 0. The van der Waals surface area contributed by atoms with Gasteiger partial charge in [-0.25, -0.2) is 0 Å². The molecule has 1 aliphatic rings. The largest absolute Gasteiger partial charge is 0.353 e. The summed E-state index contributed by atoms with van der Waals surface area (Å²) in [5, 5.41) is 15.9. The van der Waals surface area contributed by atoms with Crippen molar-refractivity contribution >= 4 is 28.2 Å². The molecule has 1 aliphatic carbocycles. The van der Waals surface area contributed by atoms with Gasteiger partial charge in [0.1, 0.15) is 11.1 Å². The second-order valence-electron chi connectivity index (χ2n) is 6.95. The molecule has 0 fully saturated rings. The van der Waals surface area contributed by atoms with Gasteiger partial charge in [0, 0.05) is 10.9 Å². The lowest BCUT2D eigenvalue weighted by molar-refractivity contribution is -0.123. The Morgan fingerprint density at radius 3 is 2.54 bits per heavy atom. The smallest absolute Gasteiger partial charge is 0.239 e. The quantitative estimate of drug-likeness (QED) is 0.717. The van der Waals surface area contributed by atoms with Gasteiger partial charge < -0.3 is 10.6 Å². The summed E-state index contributed by atoms with van der Waals surface area (Å²) in [6.45, 7) is 6.66. The number of likely N-dealkylation sites (N-methyl/N-ethyl adjacent to an activating group) is 1. The van der Waals surface area contributed by atoms with E-state index in [4.69, 9.17) is 0 Å². The monoisotopic (exact) mass is 376 g/mol. The lowest BCUT2D eigenvalue weighted by Crippen LogP contribution is -2.42. The van der Waals surface area contributed by atoms with Crippen LogP contribution in [0.2, 0.25) is 0 Å². The van der Waals surface area contributed by atoms with Crippen molar-refractivity contribution in [1.82, 2.24) is 10.2 Å². The third kappa shape index (κ3) is 5.55. The molecule has 2 N–H and O–H groups in total. The molecule has 0 spiro atoms. The number of nitriles is 1. The molecule has 1 heterocycles. The van der Waals surface area contributed by atoms with Crippen LogP contribution in [0.15, 0.2) is 0 Å². The van der Waals surface area contributed by atoms with Gasteiger partial charge in [0.15, 0.2) is 0 Å². The van der Waals surface area contributed by atoms with Crippen LogP contribution < -0.4 is 10.6 Å². The molecule has 0 radical (unpaired) electrons. The molecule has 0 unspecified atom stereocenters. The second kappa shape index (κ2) is 9.70. The molecule has 6 nitrogen and oxygen atoms in total. The van der Waals surface area contributed by atoms with E-state index < -0.39 is 0 Å². The van der Waals surface area contributed by atoms with Crippen LogP contribution in [0.4, 0.5) is 5.00 Å². The Hall–Kier alpha value is -1.91. The van der Waals surface area contributed by atoms with E-state index in [1.165, 1.54) is 22.6 Å². The molecule has 0 bridgehead atoms. The summed E-state index contributed by atoms with van der Waals surface area (Å²) in [7, 11) is 0. The molecule has 26 heavy (non-hydrogen) atoms. The van der Waals surface area contributed by atoms with E-state index in [0.29, 0.717) is 17.1 Å². The molecule has 0 aromatic carbocycles. The van der Waals surface area contributed by atoms with Crippen LogP contribution in [0.25, 0.3) is 0 Å². The first-order valence-corrected chi connectivity index (χ1v) is 10.1. The van der Waals surface area contributed by atoms with Gasteiger partial charge in [-0.3, -0.25) is 14.5 Å². The van der Waals surface area contributed by atoms with E-state index in [0.717, 1.165) is 31.2 Å². The number of anilines is 1. The van der Waals surface area contributed by atoms with Crippen LogP contribution in [-0.4, -0.2) is 42.4 Å². The fourth-order valence-electron chi connectivity index (χ4n) is 3.17. The zero-order chi connectivity index (χ0) is 19.1. The minimum Gasteiger partial charge on any atom is -0.353 e. The predicted octanol–water partition coefficient (Wildman–Crippen LogP) is 2.67. The first kappa shape index (κ1) is 20.4. The van der Waals surface area contributed by atoms with Gasteiger partial charge in [-0.1, -0.05) is 13.3 Å². The molecular formula is C19H28N4O2S. The van der Waals surface area contributed by atoms with Crippen LogP contribution in [0.1, 0.15) is 56.0 Å². The number of amides is 2. The Morgan fingerprint density at radius 1 is 1.19 bits per heavy atom. The van der Waals surface area contributed by atoms with Crippen molar-refractivity contribution in [3.63, 3.8) is 0 Å². The highest BCUT2D eigenvalue weighted by Crippen LogP contribution is 2.36. The Labute approximate surface area is 159 Å². The zero-order valence-corrected chi connectivity index (χ0v) is 16.7. The van der Waals surface area contributed by atoms with Crippen molar-refractivity contribution in [2.24, 2.45) is 0 Å². The maximum absolute atomic E-state index is 12.4. The molecule has 2 amide bonds. The van der Waals surface area contributed by atoms with Crippen LogP contribution in [0.3, 0.4) is 0 Å². The molecule has 0 aliphatic heterocycles. The van der Waals surface area contributed by atoms with Crippen molar-refractivity contribution in [3.8, 4) is 6.07 Å². The van der Waals surface area contributed by atoms with E-state index in [2.05, 4.69) is 16.7 Å². The number of hydrogen-bond donors (Lipinski definition) is 2. The SMILES string of the molecule is CCN(CC(=O)Nc1sc2c(c1C#N)CCCCC2)CC(=O)NC(C)C. The van der Waals surface area contributed by atoms with Crippen LogP contribution >= 0.6 is 11.3 Å². The Kier molecular flexibility index (Phi) is 7.61. The van der Waals surface area contributed by atoms with Crippen molar-refractivity contribution in [3.05, 3.63) is 16.0 Å². The van der Waals surface area contributed by atoms with E-state index in [9.17, 15) is 14.9 Å². The Morgan fingerprint density at radius 2 is 1.88 bits per heavy atom. The Bertz CT molecular complexity index is 690. The summed E-state index contributed by atoms with van der Waals surface area (Å²) in [6.07, 6.45) is 5.33. The van der Waals surface area contributed by atoms with E-state index in [1.807, 2.05) is 20.8 Å². The second-order valence-corrected chi connectivity index (χ2v) is 8.06. The van der Waals surface area contributed by atoms with Crippen molar-refractivity contribution < 1.29 is 9.59 Å². The maximum Gasteiger partial charge on any atom is 0.239 e. The van der Waals surface area contributed by atoms with E-state index in [1.54, 1.807) is 4.90 Å². The predicted molar refractivity (Wildman–Crippen MR) is 104 cm³/mol. The van der Waals surface area contributed by atoms with Gasteiger partial charge in [0.25, 0.3) is 0 Å². The van der Waals surface area contributed by atoms with Crippen LogP contribution in [0.5, 0.6) is 0 Å². The van der Waals surface area contributed by atoms with E-state index in [-0.39, 0.29) is 30.9 Å². The molecule has 7 heteroatoms. The van der Waals surface area contributed by atoms with Gasteiger partial charge >= 0.3 is 0 Å². The van der Waals surface area contributed by atoms with Crippen molar-refractivity contribution in [2.75, 3.05) is 25.0 Å². The molecular weight excluding hydrogens is 348 g/mol. The minimum atomic E-state index is -0.183. The topological polar surface area (TPSA) is 85.2 Å². The zero-order valence-electron chi connectivity index (χ0n) is 15.9. The number of thiophene rings is 1. The number of rotatable bonds is 7. The molecule has 0 saturated carbocycles. The molecule has 0 saturated heterocycles. The molecule has 142 valence electrons. The number of carbonyl (C=O) groups is 2. The van der Waals surface area contributed by atoms with Gasteiger partial charge in [-0.05, 0) is 51.6 Å². The first-order chi connectivity index (χ1) is 12.4. The first-order valence-electron chi connectivity index (χ1n) is 9.30.